The Balaban J connectivity index is 2.81. The Hall–Kier alpha value is -0.550. The van der Waals surface area contributed by atoms with E-state index in [9.17, 15) is 13.2 Å². The lowest BCUT2D eigenvalue weighted by molar-refractivity contribution is -0.140. The molecule has 2 nitrogen and oxygen atoms in total. The fourth-order valence-corrected chi connectivity index (χ4v) is 1.44. The summed E-state index contributed by atoms with van der Waals surface area (Å²) in [5, 5.41) is 2.99. The first-order valence-corrected chi connectivity index (χ1v) is 4.14. The number of alkyl halides is 3. The normalized spacial score (nSPS) is 21.9. The van der Waals surface area contributed by atoms with Crippen molar-refractivity contribution in [3.63, 3.8) is 0 Å². The van der Waals surface area contributed by atoms with E-state index >= 15 is 0 Å². The van der Waals surface area contributed by atoms with Crippen LogP contribution in [-0.2, 0) is 0 Å². The summed E-state index contributed by atoms with van der Waals surface area (Å²) in [4.78, 5) is 0. The van der Waals surface area contributed by atoms with Crippen molar-refractivity contribution in [1.82, 2.24) is 5.32 Å². The third kappa shape index (κ3) is 2.45. The van der Waals surface area contributed by atoms with Crippen molar-refractivity contribution in [2.24, 2.45) is 5.73 Å². The van der Waals surface area contributed by atoms with E-state index in [-0.39, 0.29) is 0 Å². The van der Waals surface area contributed by atoms with Crippen LogP contribution >= 0.6 is 0 Å². The Kier molecular flexibility index (Phi) is 2.98. The Morgan fingerprint density at radius 1 is 1.46 bits per heavy atom. The maximum Gasteiger partial charge on any atom is 0.407 e. The van der Waals surface area contributed by atoms with E-state index in [0.717, 1.165) is 5.57 Å². The second kappa shape index (κ2) is 3.67. The average molecular weight is 194 g/mol. The molecular weight excluding hydrogens is 181 g/mol. The molecule has 76 valence electrons. The monoisotopic (exact) mass is 194 g/mol. The highest BCUT2D eigenvalue weighted by atomic mass is 19.4. The number of nitrogens with one attached hydrogen (secondary N) is 1. The van der Waals surface area contributed by atoms with Gasteiger partial charge in [-0.1, -0.05) is 5.57 Å². The van der Waals surface area contributed by atoms with Crippen molar-refractivity contribution in [2.75, 3.05) is 13.1 Å². The lowest BCUT2D eigenvalue weighted by atomic mass is 9.96. The molecular formula is C8H13F3N2. The van der Waals surface area contributed by atoms with Gasteiger partial charge in [0.15, 0.2) is 0 Å². The van der Waals surface area contributed by atoms with Crippen LogP contribution in [0.2, 0.25) is 0 Å². The second-order valence-electron chi connectivity index (χ2n) is 3.25. The summed E-state index contributed by atoms with van der Waals surface area (Å²) in [6.07, 6.45) is -3.92. The minimum Gasteiger partial charge on any atom is -0.317 e. The number of nitrogens with two attached hydrogens (primary N) is 1. The third-order valence-corrected chi connectivity index (χ3v) is 2.24. The Labute approximate surface area is 75.0 Å². The highest BCUT2D eigenvalue weighted by molar-refractivity contribution is 5.23. The highest BCUT2D eigenvalue weighted by Gasteiger charge is 2.39. The number of halogens is 3. The zero-order chi connectivity index (χ0) is 10.1. The minimum absolute atomic E-state index is 0.339. The Bertz CT molecular complexity index is 220. The Morgan fingerprint density at radius 3 is 2.54 bits per heavy atom. The van der Waals surface area contributed by atoms with Gasteiger partial charge < -0.3 is 11.1 Å². The molecule has 5 heteroatoms. The SMILES string of the molecule is CC1=C(C(N)C(F)(F)F)CCNC1. The maximum absolute atomic E-state index is 12.2. The van der Waals surface area contributed by atoms with Crippen LogP contribution in [0.25, 0.3) is 0 Å². The standard InChI is InChI=1S/C8H13F3N2/c1-5-4-13-3-2-6(5)7(12)8(9,10)11/h7,13H,2-4,12H2,1H3. The predicted octanol–water partition coefficient (Wildman–Crippen LogP) is 1.19. The molecule has 0 aromatic carbocycles. The minimum atomic E-state index is -4.31. The molecule has 0 saturated heterocycles. The molecule has 1 unspecified atom stereocenters. The summed E-state index contributed by atoms with van der Waals surface area (Å²) < 4.78 is 36.7. The van der Waals surface area contributed by atoms with Gasteiger partial charge in [-0.3, -0.25) is 0 Å². The number of rotatable bonds is 1. The molecule has 0 fully saturated rings. The van der Waals surface area contributed by atoms with E-state index in [1.54, 1.807) is 6.92 Å². The molecule has 0 spiro atoms. The first kappa shape index (κ1) is 10.5. The number of hydrogen-bond donors (Lipinski definition) is 2. The number of hydrogen-bond acceptors (Lipinski definition) is 2. The molecule has 3 N–H and O–H groups in total. The molecule has 1 heterocycles. The molecule has 1 atom stereocenters. The molecule has 1 rings (SSSR count). The summed E-state index contributed by atoms with van der Waals surface area (Å²) in [7, 11) is 0. The lowest BCUT2D eigenvalue weighted by Crippen LogP contribution is -2.42. The predicted molar refractivity (Wildman–Crippen MR) is 44.2 cm³/mol. The summed E-state index contributed by atoms with van der Waals surface area (Å²) >= 11 is 0. The molecule has 0 bridgehead atoms. The zero-order valence-electron chi connectivity index (χ0n) is 7.41. The van der Waals surface area contributed by atoms with Gasteiger partial charge in [-0.25, -0.2) is 0 Å². The van der Waals surface area contributed by atoms with Gasteiger partial charge in [0.1, 0.15) is 6.04 Å². The molecule has 0 radical (unpaired) electrons. The van der Waals surface area contributed by atoms with Gasteiger partial charge in [0.05, 0.1) is 0 Å². The molecule has 1 aliphatic rings. The van der Waals surface area contributed by atoms with Gasteiger partial charge in [0, 0.05) is 6.54 Å². The van der Waals surface area contributed by atoms with Crippen LogP contribution < -0.4 is 11.1 Å². The highest BCUT2D eigenvalue weighted by Crippen LogP contribution is 2.27. The summed E-state index contributed by atoms with van der Waals surface area (Å²) in [5.41, 5.74) is 6.16. The van der Waals surface area contributed by atoms with Crippen LogP contribution in [0.3, 0.4) is 0 Å². The van der Waals surface area contributed by atoms with Crippen molar-refractivity contribution in [1.29, 1.82) is 0 Å². The van der Waals surface area contributed by atoms with E-state index in [1.165, 1.54) is 0 Å². The van der Waals surface area contributed by atoms with E-state index in [2.05, 4.69) is 5.32 Å². The fourth-order valence-electron chi connectivity index (χ4n) is 1.44. The molecule has 0 aromatic heterocycles. The topological polar surface area (TPSA) is 38.0 Å². The largest absolute Gasteiger partial charge is 0.407 e. The van der Waals surface area contributed by atoms with Crippen LogP contribution in [0.4, 0.5) is 13.2 Å². The van der Waals surface area contributed by atoms with Gasteiger partial charge in [-0.2, -0.15) is 13.2 Å². The van der Waals surface area contributed by atoms with Gasteiger partial charge in [0.25, 0.3) is 0 Å². The smallest absolute Gasteiger partial charge is 0.317 e. The van der Waals surface area contributed by atoms with Gasteiger partial charge >= 0.3 is 6.18 Å². The summed E-state index contributed by atoms with van der Waals surface area (Å²) in [6, 6.07) is -1.78. The second-order valence-corrected chi connectivity index (χ2v) is 3.25. The molecule has 0 amide bonds. The quantitative estimate of drug-likeness (QED) is 0.615. The molecule has 0 aromatic rings. The lowest BCUT2D eigenvalue weighted by Gasteiger charge is -2.25. The van der Waals surface area contributed by atoms with Crippen molar-refractivity contribution in [3.05, 3.63) is 11.1 Å². The van der Waals surface area contributed by atoms with Crippen molar-refractivity contribution in [3.8, 4) is 0 Å². The molecule has 0 aliphatic carbocycles. The van der Waals surface area contributed by atoms with E-state index in [0.29, 0.717) is 25.1 Å². The van der Waals surface area contributed by atoms with E-state index in [1.807, 2.05) is 0 Å². The molecule has 1 aliphatic heterocycles. The maximum atomic E-state index is 12.2. The summed E-state index contributed by atoms with van der Waals surface area (Å²) in [5.74, 6) is 0. The van der Waals surface area contributed by atoms with Gasteiger partial charge in [-0.05, 0) is 25.5 Å². The first-order chi connectivity index (χ1) is 5.93. The van der Waals surface area contributed by atoms with Crippen molar-refractivity contribution >= 4 is 0 Å². The van der Waals surface area contributed by atoms with Crippen LogP contribution in [0, 0.1) is 0 Å². The third-order valence-electron chi connectivity index (χ3n) is 2.24. The fraction of sp³-hybridized carbons (Fsp3) is 0.750. The van der Waals surface area contributed by atoms with Crippen LogP contribution in [0.1, 0.15) is 13.3 Å². The molecule has 0 saturated carbocycles. The molecule has 13 heavy (non-hydrogen) atoms. The summed E-state index contributed by atoms with van der Waals surface area (Å²) in [6.45, 7) is 2.78. The zero-order valence-corrected chi connectivity index (χ0v) is 7.41. The van der Waals surface area contributed by atoms with Crippen LogP contribution in [-0.4, -0.2) is 25.3 Å². The van der Waals surface area contributed by atoms with Crippen molar-refractivity contribution < 1.29 is 13.2 Å². The Morgan fingerprint density at radius 2 is 2.08 bits per heavy atom. The van der Waals surface area contributed by atoms with E-state index < -0.39 is 12.2 Å². The average Bonchev–Trinajstić information content (AvgIpc) is 2.02. The first-order valence-electron chi connectivity index (χ1n) is 4.14. The van der Waals surface area contributed by atoms with Gasteiger partial charge in [0.2, 0.25) is 0 Å². The van der Waals surface area contributed by atoms with E-state index in [4.69, 9.17) is 5.73 Å². The van der Waals surface area contributed by atoms with Crippen LogP contribution in [0.5, 0.6) is 0 Å². The van der Waals surface area contributed by atoms with Crippen molar-refractivity contribution in [2.45, 2.75) is 25.6 Å². The van der Waals surface area contributed by atoms with Crippen LogP contribution in [0.15, 0.2) is 11.1 Å². The van der Waals surface area contributed by atoms with Gasteiger partial charge in [-0.15, -0.1) is 0 Å².